The Balaban J connectivity index is 1.53. The summed E-state index contributed by atoms with van der Waals surface area (Å²) in [5, 5.41) is 12.9. The summed E-state index contributed by atoms with van der Waals surface area (Å²) in [5.41, 5.74) is 3.05. The van der Waals surface area contributed by atoms with Crippen LogP contribution in [0.3, 0.4) is 0 Å². The van der Waals surface area contributed by atoms with Gasteiger partial charge in [0.05, 0.1) is 20.3 Å². The maximum Gasteiger partial charge on any atom is 0.231 e. The van der Waals surface area contributed by atoms with Crippen LogP contribution in [0.5, 0.6) is 11.5 Å². The molecule has 2 aromatic carbocycles. The molecule has 1 fully saturated rings. The fourth-order valence-corrected chi connectivity index (χ4v) is 3.69. The molecule has 0 amide bonds. The molecule has 0 spiro atoms. The third-order valence-corrected chi connectivity index (χ3v) is 5.53. The van der Waals surface area contributed by atoms with Gasteiger partial charge in [0.2, 0.25) is 11.9 Å². The average Bonchev–Trinajstić information content (AvgIpc) is 3.29. The molecular formula is C23H25N7O3. The monoisotopic (exact) mass is 447 g/mol. The minimum Gasteiger partial charge on any atom is -0.508 e. The molecule has 10 heteroatoms. The number of benzene rings is 2. The molecular weight excluding hydrogens is 422 g/mol. The van der Waals surface area contributed by atoms with Crippen LogP contribution in [0.4, 0.5) is 29.1 Å². The van der Waals surface area contributed by atoms with Gasteiger partial charge in [0.15, 0.2) is 11.5 Å². The van der Waals surface area contributed by atoms with E-state index in [1.165, 1.54) is 0 Å². The Morgan fingerprint density at radius 3 is 2.45 bits per heavy atom. The number of rotatable bonds is 6. The number of fused-ring (bicyclic) bond motifs is 1. The van der Waals surface area contributed by atoms with Crippen LogP contribution in [0.1, 0.15) is 0 Å². The molecule has 3 N–H and O–H groups in total. The number of nitrogens with zero attached hydrogens (tertiary/aromatic N) is 5. The average molecular weight is 447 g/mol. The Morgan fingerprint density at radius 1 is 1.03 bits per heavy atom. The predicted octanol–water partition coefficient (Wildman–Crippen LogP) is 3.42. The quantitative estimate of drug-likeness (QED) is 0.409. The number of hydrogen-bond acceptors (Lipinski definition) is 9. The first kappa shape index (κ1) is 20.8. The van der Waals surface area contributed by atoms with E-state index in [0.717, 1.165) is 41.5 Å². The van der Waals surface area contributed by atoms with Crippen LogP contribution in [0.15, 0.2) is 48.5 Å². The van der Waals surface area contributed by atoms with Gasteiger partial charge in [0, 0.05) is 31.5 Å². The highest BCUT2D eigenvalue weighted by molar-refractivity contribution is 5.87. The van der Waals surface area contributed by atoms with Crippen LogP contribution in [0.25, 0.3) is 11.2 Å². The Hall–Kier alpha value is -4.05. The number of methoxy groups -OCH3 is 1. The smallest absolute Gasteiger partial charge is 0.231 e. The molecule has 0 atom stereocenters. The molecule has 0 saturated carbocycles. The first-order valence-electron chi connectivity index (χ1n) is 10.6. The largest absolute Gasteiger partial charge is 0.508 e. The summed E-state index contributed by atoms with van der Waals surface area (Å²) in [6.45, 7) is 2.74. The van der Waals surface area contributed by atoms with Gasteiger partial charge in [-0.3, -0.25) is 0 Å². The van der Waals surface area contributed by atoms with Crippen molar-refractivity contribution in [2.24, 2.45) is 0 Å². The summed E-state index contributed by atoms with van der Waals surface area (Å²) in [5.74, 6) is 2.85. The summed E-state index contributed by atoms with van der Waals surface area (Å²) < 4.78 is 10.8. The van der Waals surface area contributed by atoms with Gasteiger partial charge in [-0.2, -0.15) is 15.0 Å². The third-order valence-electron chi connectivity index (χ3n) is 5.53. The van der Waals surface area contributed by atoms with E-state index in [9.17, 15) is 5.11 Å². The molecule has 0 aliphatic carbocycles. The number of anilines is 5. The standard InChI is InChI=1S/C23H25N7O3/c1-29(16-5-7-17(31)8-6-16)23-25-19-20(27-23)26-22(24-15-3-9-18(32-2)10-4-15)28-21(19)30-11-13-33-14-12-30/h3-10,31H,11-14H2,1-2H3,(H2,24,25,26,27,28). The number of phenols is 1. The van der Waals surface area contributed by atoms with Crippen molar-refractivity contribution in [3.8, 4) is 11.5 Å². The topological polar surface area (TPSA) is 112 Å². The molecule has 5 rings (SSSR count). The number of aromatic amines is 1. The number of aromatic nitrogens is 4. The molecule has 3 heterocycles. The zero-order valence-electron chi connectivity index (χ0n) is 18.4. The van der Waals surface area contributed by atoms with Crippen molar-refractivity contribution in [2.75, 3.05) is 55.6 Å². The fourth-order valence-electron chi connectivity index (χ4n) is 3.69. The number of H-pyrrole nitrogens is 1. The number of hydrogen-bond donors (Lipinski definition) is 3. The molecule has 0 bridgehead atoms. The van der Waals surface area contributed by atoms with Gasteiger partial charge in [-0.15, -0.1) is 0 Å². The summed E-state index contributed by atoms with van der Waals surface area (Å²) in [6.07, 6.45) is 0. The van der Waals surface area contributed by atoms with E-state index >= 15 is 0 Å². The van der Waals surface area contributed by atoms with Crippen molar-refractivity contribution in [1.29, 1.82) is 0 Å². The van der Waals surface area contributed by atoms with Crippen molar-refractivity contribution in [3.05, 3.63) is 48.5 Å². The number of nitrogens with one attached hydrogen (secondary N) is 2. The Kier molecular flexibility index (Phi) is 5.57. The second kappa shape index (κ2) is 8.83. The number of aromatic hydroxyl groups is 1. The van der Waals surface area contributed by atoms with Gasteiger partial charge < -0.3 is 34.7 Å². The zero-order valence-corrected chi connectivity index (χ0v) is 18.4. The summed E-state index contributed by atoms with van der Waals surface area (Å²) in [7, 11) is 3.54. The lowest BCUT2D eigenvalue weighted by atomic mass is 10.3. The predicted molar refractivity (Wildman–Crippen MR) is 127 cm³/mol. The van der Waals surface area contributed by atoms with E-state index in [1.54, 1.807) is 19.2 Å². The van der Waals surface area contributed by atoms with Crippen molar-refractivity contribution >= 4 is 40.3 Å². The van der Waals surface area contributed by atoms with Crippen molar-refractivity contribution < 1.29 is 14.6 Å². The summed E-state index contributed by atoms with van der Waals surface area (Å²) >= 11 is 0. The lowest BCUT2D eigenvalue weighted by molar-refractivity contribution is 0.122. The van der Waals surface area contributed by atoms with Gasteiger partial charge in [0.1, 0.15) is 17.0 Å². The second-order valence-electron chi connectivity index (χ2n) is 7.66. The maximum atomic E-state index is 9.60. The Morgan fingerprint density at radius 2 is 1.76 bits per heavy atom. The highest BCUT2D eigenvalue weighted by atomic mass is 16.5. The lowest BCUT2D eigenvalue weighted by Crippen LogP contribution is -2.37. The number of phenolic OH excluding ortho intramolecular Hbond substituents is 1. The van der Waals surface area contributed by atoms with Crippen LogP contribution in [0, 0.1) is 0 Å². The molecule has 33 heavy (non-hydrogen) atoms. The number of morpholine rings is 1. The van der Waals surface area contributed by atoms with Gasteiger partial charge in [-0.05, 0) is 48.5 Å². The molecule has 10 nitrogen and oxygen atoms in total. The number of imidazole rings is 1. The molecule has 1 aliphatic rings. The van der Waals surface area contributed by atoms with Gasteiger partial charge in [-0.25, -0.2) is 0 Å². The highest BCUT2D eigenvalue weighted by Crippen LogP contribution is 2.30. The summed E-state index contributed by atoms with van der Waals surface area (Å²) in [4.78, 5) is 21.7. The van der Waals surface area contributed by atoms with Crippen LogP contribution >= 0.6 is 0 Å². The molecule has 0 radical (unpaired) electrons. The van der Waals surface area contributed by atoms with Crippen molar-refractivity contribution in [1.82, 2.24) is 19.9 Å². The van der Waals surface area contributed by atoms with Crippen LogP contribution in [0.2, 0.25) is 0 Å². The van der Waals surface area contributed by atoms with E-state index in [2.05, 4.69) is 20.2 Å². The van der Waals surface area contributed by atoms with Crippen LogP contribution in [-0.2, 0) is 4.74 Å². The minimum atomic E-state index is 0.214. The lowest BCUT2D eigenvalue weighted by Gasteiger charge is -2.28. The van der Waals surface area contributed by atoms with Crippen LogP contribution < -0.4 is 19.9 Å². The second-order valence-corrected chi connectivity index (χ2v) is 7.66. The normalized spacial score (nSPS) is 13.8. The van der Waals surface area contributed by atoms with E-state index in [0.29, 0.717) is 30.8 Å². The fraction of sp³-hybridized carbons (Fsp3) is 0.261. The first-order chi connectivity index (χ1) is 16.1. The molecule has 0 unspecified atom stereocenters. The van der Waals surface area contributed by atoms with Gasteiger partial charge >= 0.3 is 0 Å². The van der Waals surface area contributed by atoms with Crippen molar-refractivity contribution in [2.45, 2.75) is 0 Å². The highest BCUT2D eigenvalue weighted by Gasteiger charge is 2.21. The van der Waals surface area contributed by atoms with Gasteiger partial charge in [-0.1, -0.05) is 0 Å². The Bertz CT molecular complexity index is 1240. The third kappa shape index (κ3) is 4.33. The van der Waals surface area contributed by atoms with Crippen molar-refractivity contribution in [3.63, 3.8) is 0 Å². The Labute approximate surface area is 190 Å². The molecule has 4 aromatic rings. The zero-order chi connectivity index (χ0) is 22.8. The number of ether oxygens (including phenoxy) is 2. The van der Waals surface area contributed by atoms with Gasteiger partial charge in [0.25, 0.3) is 0 Å². The first-order valence-corrected chi connectivity index (χ1v) is 10.6. The molecule has 2 aromatic heterocycles. The summed E-state index contributed by atoms with van der Waals surface area (Å²) in [6, 6.07) is 14.5. The molecule has 170 valence electrons. The van der Waals surface area contributed by atoms with Crippen LogP contribution in [-0.4, -0.2) is 65.5 Å². The van der Waals surface area contributed by atoms with E-state index in [4.69, 9.17) is 19.4 Å². The maximum absolute atomic E-state index is 9.60. The SMILES string of the molecule is COc1ccc(Nc2nc(N3CCOCC3)c3[nH]c(N(C)c4ccc(O)cc4)nc3n2)cc1. The molecule has 1 aliphatic heterocycles. The molecule has 1 saturated heterocycles. The minimum absolute atomic E-state index is 0.214. The van der Waals surface area contributed by atoms with E-state index in [-0.39, 0.29) is 5.75 Å². The van der Waals surface area contributed by atoms with E-state index < -0.39 is 0 Å². The van der Waals surface area contributed by atoms with E-state index in [1.807, 2.05) is 48.3 Å².